The summed E-state index contributed by atoms with van der Waals surface area (Å²) >= 11 is 0. The molecule has 3 N–H and O–H groups in total. The number of para-hydroxylation sites is 1. The fourth-order valence-corrected chi connectivity index (χ4v) is 3.00. The Kier molecular flexibility index (Phi) is 4.37. The van der Waals surface area contributed by atoms with Crippen LogP contribution in [0.15, 0.2) is 54.4 Å². The first-order valence-electron chi connectivity index (χ1n) is 7.93. The molecular weight excluding hydrogens is 288 g/mol. The van der Waals surface area contributed by atoms with Crippen molar-refractivity contribution in [3.05, 3.63) is 54.4 Å². The first-order valence-corrected chi connectivity index (χ1v) is 7.93. The molecule has 5 heteroatoms. The van der Waals surface area contributed by atoms with Gasteiger partial charge in [0.05, 0.1) is 0 Å². The van der Waals surface area contributed by atoms with Crippen LogP contribution < -0.4 is 15.5 Å². The number of amides is 2. The van der Waals surface area contributed by atoms with E-state index in [1.165, 1.54) is 17.2 Å². The zero-order chi connectivity index (χ0) is 16.2. The average molecular weight is 310 g/mol. The van der Waals surface area contributed by atoms with Gasteiger partial charge in [0, 0.05) is 36.1 Å². The molecule has 120 valence electrons. The van der Waals surface area contributed by atoms with Crippen LogP contribution >= 0.6 is 0 Å². The summed E-state index contributed by atoms with van der Waals surface area (Å²) in [6.45, 7) is 7.33. The quantitative estimate of drug-likeness (QED) is 0.809. The SMILES string of the molecule is C=CNC(=O)NC1=C(CC)CN(c2cc3ccccc3[nH]2)CC1. The highest BCUT2D eigenvalue weighted by molar-refractivity contribution is 5.84. The molecule has 0 saturated heterocycles. The van der Waals surface area contributed by atoms with E-state index in [9.17, 15) is 4.79 Å². The topological polar surface area (TPSA) is 60.2 Å². The van der Waals surface area contributed by atoms with Gasteiger partial charge in [-0.3, -0.25) is 0 Å². The smallest absolute Gasteiger partial charge is 0.322 e. The third-order valence-electron chi connectivity index (χ3n) is 4.22. The second-order valence-electron chi connectivity index (χ2n) is 5.65. The minimum atomic E-state index is -0.222. The Morgan fingerprint density at radius 2 is 2.26 bits per heavy atom. The van der Waals surface area contributed by atoms with E-state index in [2.05, 4.69) is 52.2 Å². The van der Waals surface area contributed by atoms with Gasteiger partial charge in [-0.15, -0.1) is 0 Å². The van der Waals surface area contributed by atoms with Gasteiger partial charge in [0.1, 0.15) is 5.82 Å². The van der Waals surface area contributed by atoms with Gasteiger partial charge in [-0.2, -0.15) is 0 Å². The third-order valence-corrected chi connectivity index (χ3v) is 4.22. The lowest BCUT2D eigenvalue weighted by Gasteiger charge is -2.31. The number of aromatic amines is 1. The molecule has 0 fully saturated rings. The van der Waals surface area contributed by atoms with E-state index in [-0.39, 0.29) is 6.03 Å². The van der Waals surface area contributed by atoms with Crippen LogP contribution in [-0.4, -0.2) is 24.1 Å². The second-order valence-corrected chi connectivity index (χ2v) is 5.65. The van der Waals surface area contributed by atoms with E-state index in [1.54, 1.807) is 0 Å². The molecule has 2 amide bonds. The van der Waals surface area contributed by atoms with Crippen LogP contribution in [0.2, 0.25) is 0 Å². The van der Waals surface area contributed by atoms with E-state index in [0.717, 1.165) is 43.0 Å². The molecule has 1 aliphatic heterocycles. The van der Waals surface area contributed by atoms with Crippen LogP contribution in [0.5, 0.6) is 0 Å². The molecule has 1 aromatic heterocycles. The molecule has 0 spiro atoms. The molecular formula is C18H22N4O. The van der Waals surface area contributed by atoms with E-state index < -0.39 is 0 Å². The highest BCUT2D eigenvalue weighted by Gasteiger charge is 2.20. The van der Waals surface area contributed by atoms with Crippen molar-refractivity contribution in [1.82, 2.24) is 15.6 Å². The summed E-state index contributed by atoms with van der Waals surface area (Å²) in [4.78, 5) is 17.5. The monoisotopic (exact) mass is 310 g/mol. The van der Waals surface area contributed by atoms with Crippen LogP contribution in [0, 0.1) is 0 Å². The summed E-state index contributed by atoms with van der Waals surface area (Å²) in [5.41, 5.74) is 3.44. The van der Waals surface area contributed by atoms with Crippen molar-refractivity contribution in [1.29, 1.82) is 0 Å². The number of hydrogen-bond acceptors (Lipinski definition) is 2. The van der Waals surface area contributed by atoms with E-state index in [4.69, 9.17) is 0 Å². The molecule has 1 aromatic carbocycles. The molecule has 0 unspecified atom stereocenters. The molecule has 0 aliphatic carbocycles. The summed E-state index contributed by atoms with van der Waals surface area (Å²) in [6.07, 6.45) is 3.13. The average Bonchev–Trinajstić information content (AvgIpc) is 2.99. The summed E-state index contributed by atoms with van der Waals surface area (Å²) in [6, 6.07) is 10.3. The van der Waals surface area contributed by atoms with E-state index >= 15 is 0 Å². The number of hydrogen-bond donors (Lipinski definition) is 3. The summed E-state index contributed by atoms with van der Waals surface area (Å²) in [5, 5.41) is 6.72. The summed E-state index contributed by atoms with van der Waals surface area (Å²) < 4.78 is 0. The number of fused-ring (bicyclic) bond motifs is 1. The number of nitrogens with one attached hydrogen (secondary N) is 3. The predicted octanol–water partition coefficient (Wildman–Crippen LogP) is 3.48. The molecule has 3 rings (SSSR count). The number of benzene rings is 1. The zero-order valence-electron chi connectivity index (χ0n) is 13.4. The predicted molar refractivity (Wildman–Crippen MR) is 94.3 cm³/mol. The lowest BCUT2D eigenvalue weighted by Crippen LogP contribution is -2.39. The Balaban J connectivity index is 1.78. The Hall–Kier alpha value is -2.69. The molecule has 0 radical (unpaired) electrons. The second kappa shape index (κ2) is 6.60. The first-order chi connectivity index (χ1) is 11.2. The number of carbonyl (C=O) groups is 1. The highest BCUT2D eigenvalue weighted by atomic mass is 16.2. The number of H-pyrrole nitrogens is 1. The van der Waals surface area contributed by atoms with Crippen molar-refractivity contribution >= 4 is 22.8 Å². The van der Waals surface area contributed by atoms with Crippen molar-refractivity contribution in [2.45, 2.75) is 19.8 Å². The summed E-state index contributed by atoms with van der Waals surface area (Å²) in [5.74, 6) is 1.13. The normalized spacial score (nSPS) is 14.9. The number of aromatic nitrogens is 1. The van der Waals surface area contributed by atoms with Crippen LogP contribution in [0.1, 0.15) is 19.8 Å². The van der Waals surface area contributed by atoms with Gasteiger partial charge in [0.2, 0.25) is 0 Å². The van der Waals surface area contributed by atoms with Crippen LogP contribution in [0.4, 0.5) is 10.6 Å². The van der Waals surface area contributed by atoms with Crippen LogP contribution in [0.3, 0.4) is 0 Å². The third kappa shape index (κ3) is 3.23. The standard InChI is InChI=1S/C18H22N4O/c1-3-13-12-22(10-9-16(13)21-18(23)19-4-2)17-11-14-7-5-6-8-15(14)20-17/h4-8,11,20H,2-3,9-10,12H2,1H3,(H2,19,21,23). The Morgan fingerprint density at radius 1 is 1.43 bits per heavy atom. The Labute approximate surface area is 136 Å². The maximum atomic E-state index is 11.7. The minimum absolute atomic E-state index is 0.222. The zero-order valence-corrected chi connectivity index (χ0v) is 13.4. The highest BCUT2D eigenvalue weighted by Crippen LogP contribution is 2.26. The van der Waals surface area contributed by atoms with Gasteiger partial charge < -0.3 is 20.5 Å². The van der Waals surface area contributed by atoms with Crippen molar-refractivity contribution in [2.75, 3.05) is 18.0 Å². The molecule has 2 aromatic rings. The molecule has 5 nitrogen and oxygen atoms in total. The molecule has 0 bridgehead atoms. The van der Waals surface area contributed by atoms with Crippen molar-refractivity contribution in [3.63, 3.8) is 0 Å². The number of carbonyl (C=O) groups excluding carboxylic acids is 1. The first kappa shape index (κ1) is 15.2. The number of anilines is 1. The van der Waals surface area contributed by atoms with Gasteiger partial charge in [0.25, 0.3) is 0 Å². The number of rotatable bonds is 4. The van der Waals surface area contributed by atoms with Gasteiger partial charge in [0.15, 0.2) is 0 Å². The van der Waals surface area contributed by atoms with Crippen molar-refractivity contribution < 1.29 is 4.79 Å². The molecule has 0 saturated carbocycles. The minimum Gasteiger partial charge on any atom is -0.354 e. The fraction of sp³-hybridized carbons (Fsp3) is 0.278. The molecule has 1 aliphatic rings. The number of nitrogens with zero attached hydrogens (tertiary/aromatic N) is 1. The van der Waals surface area contributed by atoms with Crippen LogP contribution in [-0.2, 0) is 0 Å². The Bertz CT molecular complexity index is 726. The number of urea groups is 1. The van der Waals surface area contributed by atoms with Gasteiger partial charge in [-0.05, 0) is 30.3 Å². The largest absolute Gasteiger partial charge is 0.354 e. The van der Waals surface area contributed by atoms with Crippen LogP contribution in [0.25, 0.3) is 10.9 Å². The maximum Gasteiger partial charge on any atom is 0.322 e. The molecule has 2 heterocycles. The molecule has 23 heavy (non-hydrogen) atoms. The fourth-order valence-electron chi connectivity index (χ4n) is 3.00. The van der Waals surface area contributed by atoms with Gasteiger partial charge in [-0.1, -0.05) is 31.7 Å². The maximum absolute atomic E-state index is 11.7. The summed E-state index contributed by atoms with van der Waals surface area (Å²) in [7, 11) is 0. The molecule has 0 atom stereocenters. The lowest BCUT2D eigenvalue weighted by atomic mass is 10.0. The van der Waals surface area contributed by atoms with E-state index in [1.807, 2.05) is 12.1 Å². The van der Waals surface area contributed by atoms with Gasteiger partial charge in [-0.25, -0.2) is 4.79 Å². The van der Waals surface area contributed by atoms with Crippen molar-refractivity contribution in [3.8, 4) is 0 Å². The Morgan fingerprint density at radius 3 is 3.00 bits per heavy atom. The van der Waals surface area contributed by atoms with Crippen molar-refractivity contribution in [2.24, 2.45) is 0 Å². The van der Waals surface area contributed by atoms with E-state index in [0.29, 0.717) is 0 Å². The van der Waals surface area contributed by atoms with Gasteiger partial charge >= 0.3 is 6.03 Å². The lowest BCUT2D eigenvalue weighted by molar-refractivity contribution is 0.246.